The number of guanidine groups is 1. The highest BCUT2D eigenvalue weighted by Gasteiger charge is 2.36. The molecule has 2 saturated heterocycles. The smallest absolute Gasteiger partial charge is 0.191 e. The van der Waals surface area contributed by atoms with Crippen molar-refractivity contribution in [1.29, 1.82) is 0 Å². The molecule has 25 heavy (non-hydrogen) atoms. The van der Waals surface area contributed by atoms with Crippen LogP contribution in [0.4, 0.5) is 4.39 Å². The molecule has 0 aromatic heterocycles. The molecule has 4 nitrogen and oxygen atoms in total. The van der Waals surface area contributed by atoms with Crippen LogP contribution in [0.3, 0.4) is 0 Å². The summed E-state index contributed by atoms with van der Waals surface area (Å²) in [5, 5.41) is 6.78. The lowest BCUT2D eigenvalue weighted by Crippen LogP contribution is -2.56. The summed E-state index contributed by atoms with van der Waals surface area (Å²) in [7, 11) is 4.02. The predicted octanol–water partition coefficient (Wildman–Crippen LogP) is 3.89. The van der Waals surface area contributed by atoms with Gasteiger partial charge in [0.2, 0.25) is 0 Å². The molecule has 0 radical (unpaired) electrons. The Hall–Kier alpha value is -0.410. The second-order valence-corrected chi connectivity index (χ2v) is 7.79. The van der Waals surface area contributed by atoms with Crippen molar-refractivity contribution in [3.8, 4) is 0 Å². The summed E-state index contributed by atoms with van der Waals surface area (Å²) >= 11 is 3.28. The molecule has 2 aliphatic heterocycles. The molecule has 2 heterocycles. The molecule has 2 atom stereocenters. The first kappa shape index (κ1) is 20.9. The quantitative estimate of drug-likeness (QED) is 0.358. The number of halogens is 3. The van der Waals surface area contributed by atoms with Gasteiger partial charge in [-0.2, -0.15) is 0 Å². The number of hydrogen-bond donors (Lipinski definition) is 2. The molecular formula is C18H27BrFIN4. The molecule has 1 aromatic carbocycles. The van der Waals surface area contributed by atoms with Crippen LogP contribution in [0.2, 0.25) is 0 Å². The molecule has 0 spiro atoms. The summed E-state index contributed by atoms with van der Waals surface area (Å²) in [4.78, 5) is 6.86. The molecule has 1 aromatic rings. The average molecular weight is 525 g/mol. The Balaban J connectivity index is 0.00000225. The molecule has 0 saturated carbocycles. The number of piperidine rings is 2. The van der Waals surface area contributed by atoms with Crippen LogP contribution in [-0.2, 0) is 6.54 Å². The van der Waals surface area contributed by atoms with Crippen molar-refractivity contribution in [2.24, 2.45) is 4.99 Å². The first-order valence-electron chi connectivity index (χ1n) is 8.70. The molecule has 2 bridgehead atoms. The van der Waals surface area contributed by atoms with Crippen molar-refractivity contribution in [3.63, 3.8) is 0 Å². The van der Waals surface area contributed by atoms with Crippen LogP contribution >= 0.6 is 39.9 Å². The van der Waals surface area contributed by atoms with E-state index in [1.165, 1.54) is 25.3 Å². The maximum absolute atomic E-state index is 13.9. The van der Waals surface area contributed by atoms with Crippen LogP contribution < -0.4 is 10.6 Å². The van der Waals surface area contributed by atoms with Gasteiger partial charge < -0.3 is 15.5 Å². The fraction of sp³-hybridized carbons (Fsp3) is 0.611. The zero-order valence-corrected chi connectivity index (χ0v) is 18.7. The van der Waals surface area contributed by atoms with Gasteiger partial charge in [0.15, 0.2) is 5.96 Å². The maximum atomic E-state index is 13.9. The van der Waals surface area contributed by atoms with E-state index < -0.39 is 0 Å². The molecule has 2 aliphatic rings. The van der Waals surface area contributed by atoms with Gasteiger partial charge in [0.05, 0.1) is 0 Å². The molecule has 3 rings (SSSR count). The minimum absolute atomic E-state index is 0. The fourth-order valence-corrected chi connectivity index (χ4v) is 4.30. The Morgan fingerprint density at radius 3 is 2.60 bits per heavy atom. The largest absolute Gasteiger partial charge is 0.354 e. The Morgan fingerprint density at radius 2 is 2.00 bits per heavy atom. The number of benzene rings is 1. The lowest BCUT2D eigenvalue weighted by atomic mass is 9.82. The molecule has 0 amide bonds. The van der Waals surface area contributed by atoms with Crippen molar-refractivity contribution < 1.29 is 4.39 Å². The van der Waals surface area contributed by atoms with E-state index in [9.17, 15) is 4.39 Å². The van der Waals surface area contributed by atoms with Gasteiger partial charge in [-0.25, -0.2) is 4.39 Å². The second kappa shape index (κ2) is 9.50. The van der Waals surface area contributed by atoms with E-state index >= 15 is 0 Å². The first-order chi connectivity index (χ1) is 11.6. The monoisotopic (exact) mass is 524 g/mol. The molecule has 7 heteroatoms. The van der Waals surface area contributed by atoms with Crippen LogP contribution in [0.25, 0.3) is 0 Å². The van der Waals surface area contributed by atoms with Crippen molar-refractivity contribution in [2.45, 2.75) is 56.8 Å². The summed E-state index contributed by atoms with van der Waals surface area (Å²) in [6.45, 7) is 0.429. The van der Waals surface area contributed by atoms with Gasteiger partial charge >= 0.3 is 0 Å². The van der Waals surface area contributed by atoms with Gasteiger partial charge in [-0.15, -0.1) is 24.0 Å². The van der Waals surface area contributed by atoms with Crippen LogP contribution in [0.5, 0.6) is 0 Å². The fourth-order valence-electron chi connectivity index (χ4n) is 3.97. The zero-order chi connectivity index (χ0) is 17.1. The number of nitrogens with one attached hydrogen (secondary N) is 2. The third-order valence-electron chi connectivity index (χ3n) is 5.37. The lowest BCUT2D eigenvalue weighted by molar-refractivity contribution is 0.0526. The molecule has 2 fully saturated rings. The standard InChI is InChI=1S/C18H26BrFN4.HI/c1-21-18(22-11-12-6-7-13(19)8-17(12)20)23-14-9-15-4-3-5-16(10-14)24(15)2;/h6-8,14-16H,3-5,9-11H2,1-2H3,(H2,21,22,23);1H. The van der Waals surface area contributed by atoms with Gasteiger partial charge in [-0.3, -0.25) is 4.99 Å². The Bertz CT molecular complexity index is 599. The molecule has 2 unspecified atom stereocenters. The Labute approximate surface area is 175 Å². The third kappa shape index (κ3) is 5.29. The summed E-state index contributed by atoms with van der Waals surface area (Å²) < 4.78 is 14.7. The van der Waals surface area contributed by atoms with Gasteiger partial charge in [0, 0.05) is 41.8 Å². The van der Waals surface area contributed by atoms with Crippen LogP contribution in [-0.4, -0.2) is 43.1 Å². The number of aliphatic imine (C=N–C) groups is 1. The maximum Gasteiger partial charge on any atom is 0.191 e. The highest BCUT2D eigenvalue weighted by atomic mass is 127. The third-order valence-corrected chi connectivity index (χ3v) is 5.86. The van der Waals surface area contributed by atoms with Crippen LogP contribution in [0.1, 0.15) is 37.7 Å². The number of rotatable bonds is 3. The molecule has 2 N–H and O–H groups in total. The van der Waals surface area contributed by atoms with Gasteiger partial charge in [-0.05, 0) is 44.9 Å². The molecule has 0 aliphatic carbocycles. The van der Waals surface area contributed by atoms with Crippen LogP contribution in [0, 0.1) is 5.82 Å². The Morgan fingerprint density at radius 1 is 1.32 bits per heavy atom. The van der Waals surface area contributed by atoms with Crippen molar-refractivity contribution >= 4 is 45.9 Å². The summed E-state index contributed by atoms with van der Waals surface area (Å²) in [5.74, 6) is 0.547. The number of fused-ring (bicyclic) bond motifs is 2. The van der Waals surface area contributed by atoms with E-state index in [0.29, 0.717) is 30.2 Å². The minimum atomic E-state index is -0.207. The first-order valence-corrected chi connectivity index (χ1v) is 9.49. The van der Waals surface area contributed by atoms with Crippen molar-refractivity contribution in [3.05, 3.63) is 34.1 Å². The normalized spacial score (nSPS) is 26.7. The minimum Gasteiger partial charge on any atom is -0.354 e. The highest BCUT2D eigenvalue weighted by Crippen LogP contribution is 2.32. The van der Waals surface area contributed by atoms with E-state index in [1.807, 2.05) is 6.07 Å². The predicted molar refractivity (Wildman–Crippen MR) is 115 cm³/mol. The van der Waals surface area contributed by atoms with E-state index in [2.05, 4.69) is 43.5 Å². The van der Waals surface area contributed by atoms with E-state index in [0.717, 1.165) is 23.3 Å². The van der Waals surface area contributed by atoms with E-state index in [1.54, 1.807) is 13.1 Å². The summed E-state index contributed by atoms with van der Waals surface area (Å²) in [5.41, 5.74) is 0.640. The summed E-state index contributed by atoms with van der Waals surface area (Å²) in [6, 6.07) is 6.94. The molecule has 140 valence electrons. The van der Waals surface area contributed by atoms with Crippen LogP contribution in [0.15, 0.2) is 27.7 Å². The number of nitrogens with zero attached hydrogens (tertiary/aromatic N) is 2. The number of hydrogen-bond acceptors (Lipinski definition) is 2. The zero-order valence-electron chi connectivity index (χ0n) is 14.8. The average Bonchev–Trinajstić information content (AvgIpc) is 2.53. The topological polar surface area (TPSA) is 39.7 Å². The van der Waals surface area contributed by atoms with Crippen molar-refractivity contribution in [2.75, 3.05) is 14.1 Å². The molecular weight excluding hydrogens is 498 g/mol. The van der Waals surface area contributed by atoms with Gasteiger partial charge in [0.25, 0.3) is 0 Å². The second-order valence-electron chi connectivity index (χ2n) is 6.88. The van der Waals surface area contributed by atoms with Gasteiger partial charge in [-0.1, -0.05) is 28.4 Å². The highest BCUT2D eigenvalue weighted by molar-refractivity contribution is 14.0. The Kier molecular flexibility index (Phi) is 7.94. The van der Waals surface area contributed by atoms with Crippen molar-refractivity contribution in [1.82, 2.24) is 15.5 Å². The van der Waals surface area contributed by atoms with Gasteiger partial charge in [0.1, 0.15) is 5.82 Å². The lowest BCUT2D eigenvalue weighted by Gasteiger charge is -2.47. The summed E-state index contributed by atoms with van der Waals surface area (Å²) in [6.07, 6.45) is 6.24. The SMILES string of the molecule is CN=C(NCc1ccc(Br)cc1F)NC1CC2CCCC(C1)N2C.I. The van der Waals surface area contributed by atoms with E-state index in [4.69, 9.17) is 0 Å². The van der Waals surface area contributed by atoms with E-state index in [-0.39, 0.29) is 29.8 Å².